The van der Waals surface area contributed by atoms with Crippen molar-refractivity contribution in [1.82, 2.24) is 4.98 Å². The van der Waals surface area contributed by atoms with E-state index < -0.39 is 0 Å². The number of hydrogen-bond acceptors (Lipinski definition) is 5. The molecule has 0 saturated carbocycles. The van der Waals surface area contributed by atoms with Crippen LogP contribution in [-0.2, 0) is 14.3 Å². The van der Waals surface area contributed by atoms with Gasteiger partial charge >= 0.3 is 0 Å². The molecule has 0 unspecified atom stereocenters. The molecule has 3 heterocycles. The highest BCUT2D eigenvalue weighted by Crippen LogP contribution is 2.22. The molecule has 0 spiro atoms. The van der Waals surface area contributed by atoms with Gasteiger partial charge in [-0.05, 0) is 59.7 Å². The van der Waals surface area contributed by atoms with Gasteiger partial charge in [-0.25, -0.2) is 4.98 Å². The molecule has 1 aromatic heterocycles. The number of hydrogen-bond donors (Lipinski definition) is 1. The molecule has 2 aliphatic heterocycles. The Morgan fingerprint density at radius 1 is 1.17 bits per heavy atom. The van der Waals surface area contributed by atoms with Gasteiger partial charge in [0.15, 0.2) is 0 Å². The first kappa shape index (κ1) is 19.6. The molecule has 0 bridgehead atoms. The number of nitrogens with zero attached hydrogens (tertiary/aromatic N) is 1. The number of carbonyl (C=O) groups excluding carboxylic acids is 1. The third kappa shape index (κ3) is 7.05. The van der Waals surface area contributed by atoms with Crippen LogP contribution in [0, 0.1) is 11.8 Å². The van der Waals surface area contributed by atoms with E-state index in [4.69, 9.17) is 21.1 Å². The number of halogens is 2. The minimum absolute atomic E-state index is 0.281. The van der Waals surface area contributed by atoms with Crippen molar-refractivity contribution in [3.8, 4) is 0 Å². The van der Waals surface area contributed by atoms with Gasteiger partial charge in [-0.1, -0.05) is 11.6 Å². The summed E-state index contributed by atoms with van der Waals surface area (Å²) in [5.41, 5.74) is 0. The first-order chi connectivity index (χ1) is 11.7. The van der Waals surface area contributed by atoms with Gasteiger partial charge in [-0.3, -0.25) is 0 Å². The van der Waals surface area contributed by atoms with E-state index in [1.807, 2.05) is 12.1 Å². The normalized spacial score (nSPS) is 19.2. The quantitative estimate of drug-likeness (QED) is 0.591. The van der Waals surface area contributed by atoms with E-state index in [-0.39, 0.29) is 5.92 Å². The summed E-state index contributed by atoms with van der Waals surface area (Å²) < 4.78 is 11.0. The Bertz CT molecular complexity index is 507. The zero-order valence-corrected chi connectivity index (χ0v) is 16.0. The standard InChI is InChI=1S/C11H14BrClN2O.C6H10O2/c12-11-9(13)1-2-10(15-11)14-7-8-3-5-16-6-4-8;7-5-6-1-3-8-4-2-6/h1-2,8H,3-7H2,(H,14,15);5-6H,1-4H2. The molecule has 2 saturated heterocycles. The number of ether oxygens (including phenoxy) is 2. The second kappa shape index (κ2) is 11.0. The Kier molecular flexibility index (Phi) is 9.02. The molecule has 7 heteroatoms. The van der Waals surface area contributed by atoms with Crippen molar-refractivity contribution in [3.63, 3.8) is 0 Å². The predicted molar refractivity (Wildman–Crippen MR) is 98.6 cm³/mol. The van der Waals surface area contributed by atoms with E-state index in [0.29, 0.717) is 15.5 Å². The summed E-state index contributed by atoms with van der Waals surface area (Å²) in [6, 6.07) is 3.73. The number of anilines is 1. The minimum Gasteiger partial charge on any atom is -0.381 e. The average molecular weight is 420 g/mol. The summed E-state index contributed by atoms with van der Waals surface area (Å²) in [6.45, 7) is 4.24. The lowest BCUT2D eigenvalue weighted by atomic mass is 10.0. The Balaban J connectivity index is 0.000000219. The van der Waals surface area contributed by atoms with Crippen LogP contribution in [0.15, 0.2) is 16.7 Å². The molecule has 0 aromatic carbocycles. The number of carbonyl (C=O) groups is 1. The second-order valence-corrected chi connectivity index (χ2v) is 7.15. The van der Waals surface area contributed by atoms with E-state index in [9.17, 15) is 4.79 Å². The molecule has 1 N–H and O–H groups in total. The fraction of sp³-hybridized carbons (Fsp3) is 0.647. The predicted octanol–water partition coefficient (Wildman–Crippen LogP) is 3.95. The van der Waals surface area contributed by atoms with Crippen LogP contribution in [0.25, 0.3) is 0 Å². The van der Waals surface area contributed by atoms with Crippen LogP contribution < -0.4 is 5.32 Å². The van der Waals surface area contributed by atoms with Crippen LogP contribution >= 0.6 is 27.5 Å². The zero-order chi connectivity index (χ0) is 17.2. The number of rotatable bonds is 4. The van der Waals surface area contributed by atoms with Gasteiger partial charge in [0.1, 0.15) is 16.7 Å². The third-order valence-electron chi connectivity index (χ3n) is 4.17. The van der Waals surface area contributed by atoms with Crippen molar-refractivity contribution in [3.05, 3.63) is 21.8 Å². The molecule has 0 radical (unpaired) electrons. The highest BCUT2D eigenvalue weighted by atomic mass is 79.9. The lowest BCUT2D eigenvalue weighted by molar-refractivity contribution is -0.113. The maximum Gasteiger partial charge on any atom is 0.127 e. The monoisotopic (exact) mass is 418 g/mol. The molecular weight excluding hydrogens is 396 g/mol. The third-order valence-corrected chi connectivity index (χ3v) is 5.31. The average Bonchev–Trinajstić information content (AvgIpc) is 2.65. The number of nitrogens with one attached hydrogen (secondary N) is 1. The second-order valence-electron chi connectivity index (χ2n) is 5.99. The van der Waals surface area contributed by atoms with Crippen molar-refractivity contribution in [2.75, 3.05) is 38.3 Å². The van der Waals surface area contributed by atoms with E-state index in [1.165, 1.54) is 0 Å². The topological polar surface area (TPSA) is 60.5 Å². The molecular formula is C17H24BrClN2O3. The van der Waals surface area contributed by atoms with Gasteiger partial charge < -0.3 is 19.6 Å². The molecule has 24 heavy (non-hydrogen) atoms. The largest absolute Gasteiger partial charge is 0.381 e. The highest BCUT2D eigenvalue weighted by Gasteiger charge is 2.13. The number of aldehydes is 1. The van der Waals surface area contributed by atoms with Gasteiger partial charge in [0.25, 0.3) is 0 Å². The number of pyridine rings is 1. The van der Waals surface area contributed by atoms with E-state index in [2.05, 4.69) is 26.2 Å². The highest BCUT2D eigenvalue weighted by molar-refractivity contribution is 9.10. The SMILES string of the molecule is Clc1ccc(NCC2CCOCC2)nc1Br.O=CC1CCOCC1. The summed E-state index contributed by atoms with van der Waals surface area (Å²) in [4.78, 5) is 14.4. The van der Waals surface area contributed by atoms with Crippen LogP contribution in [0.1, 0.15) is 25.7 Å². The van der Waals surface area contributed by atoms with Crippen molar-refractivity contribution < 1.29 is 14.3 Å². The van der Waals surface area contributed by atoms with E-state index in [1.54, 1.807) is 0 Å². The van der Waals surface area contributed by atoms with E-state index in [0.717, 1.165) is 70.8 Å². The Labute approximate surface area is 156 Å². The molecule has 2 aliphatic rings. The fourth-order valence-corrected chi connectivity index (χ4v) is 3.00. The molecule has 5 nitrogen and oxygen atoms in total. The smallest absolute Gasteiger partial charge is 0.127 e. The molecule has 0 atom stereocenters. The summed E-state index contributed by atoms with van der Waals surface area (Å²) >= 11 is 9.18. The van der Waals surface area contributed by atoms with Crippen molar-refractivity contribution in [2.24, 2.45) is 11.8 Å². The molecule has 0 aliphatic carbocycles. The van der Waals surface area contributed by atoms with Crippen LogP contribution in [0.5, 0.6) is 0 Å². The van der Waals surface area contributed by atoms with Crippen molar-refractivity contribution in [2.45, 2.75) is 25.7 Å². The Morgan fingerprint density at radius 3 is 2.33 bits per heavy atom. The van der Waals surface area contributed by atoms with Gasteiger partial charge in [-0.15, -0.1) is 0 Å². The van der Waals surface area contributed by atoms with E-state index >= 15 is 0 Å². The summed E-state index contributed by atoms with van der Waals surface area (Å²) in [6.07, 6.45) is 5.12. The van der Waals surface area contributed by atoms with Gasteiger partial charge in [0.05, 0.1) is 5.02 Å². The fourth-order valence-electron chi connectivity index (χ4n) is 2.57. The van der Waals surface area contributed by atoms with Gasteiger partial charge in [-0.2, -0.15) is 0 Å². The van der Waals surface area contributed by atoms with Gasteiger partial charge in [0.2, 0.25) is 0 Å². The molecule has 2 fully saturated rings. The zero-order valence-electron chi connectivity index (χ0n) is 13.7. The Morgan fingerprint density at radius 2 is 1.79 bits per heavy atom. The molecule has 3 rings (SSSR count). The molecule has 1 aromatic rings. The van der Waals surface area contributed by atoms with Crippen LogP contribution in [-0.4, -0.2) is 44.2 Å². The first-order valence-electron chi connectivity index (χ1n) is 8.35. The molecule has 134 valence electrons. The van der Waals surface area contributed by atoms with Crippen LogP contribution in [0.4, 0.5) is 5.82 Å². The maximum absolute atomic E-state index is 10.1. The van der Waals surface area contributed by atoms with Crippen molar-refractivity contribution >= 4 is 39.6 Å². The summed E-state index contributed by atoms with van der Waals surface area (Å²) in [5, 5.41) is 3.96. The summed E-state index contributed by atoms with van der Waals surface area (Å²) in [7, 11) is 0. The van der Waals surface area contributed by atoms with Crippen LogP contribution in [0.2, 0.25) is 5.02 Å². The summed E-state index contributed by atoms with van der Waals surface area (Å²) in [5.74, 6) is 1.83. The molecule has 0 amide bonds. The number of aromatic nitrogens is 1. The Hall–Kier alpha value is -0.690. The van der Waals surface area contributed by atoms with Crippen LogP contribution in [0.3, 0.4) is 0 Å². The lowest BCUT2D eigenvalue weighted by Gasteiger charge is -2.22. The maximum atomic E-state index is 10.1. The lowest BCUT2D eigenvalue weighted by Crippen LogP contribution is -2.22. The minimum atomic E-state index is 0.281. The van der Waals surface area contributed by atoms with Gasteiger partial charge in [0, 0.05) is 38.9 Å². The van der Waals surface area contributed by atoms with Crippen molar-refractivity contribution in [1.29, 1.82) is 0 Å². The first-order valence-corrected chi connectivity index (χ1v) is 9.53.